The summed E-state index contributed by atoms with van der Waals surface area (Å²) in [5, 5.41) is 11.3. The SMILES string of the molecule is N#CCNC(=O)C1CCCCC1CSc1ccncc1. The number of thioether (sulfide) groups is 1. The van der Waals surface area contributed by atoms with E-state index in [0.29, 0.717) is 5.92 Å². The third kappa shape index (κ3) is 4.24. The average Bonchev–Trinajstić information content (AvgIpc) is 2.52. The van der Waals surface area contributed by atoms with E-state index in [9.17, 15) is 4.79 Å². The highest BCUT2D eigenvalue weighted by Crippen LogP contribution is 2.34. The van der Waals surface area contributed by atoms with E-state index >= 15 is 0 Å². The summed E-state index contributed by atoms with van der Waals surface area (Å²) in [6, 6.07) is 5.96. The van der Waals surface area contributed by atoms with Crippen LogP contribution in [0.5, 0.6) is 0 Å². The number of nitriles is 1. The van der Waals surface area contributed by atoms with E-state index in [4.69, 9.17) is 5.26 Å². The summed E-state index contributed by atoms with van der Waals surface area (Å²) in [4.78, 5) is 17.3. The van der Waals surface area contributed by atoms with Crippen molar-refractivity contribution in [2.75, 3.05) is 12.3 Å². The molecule has 5 heteroatoms. The molecule has 1 aliphatic rings. The maximum Gasteiger partial charge on any atom is 0.224 e. The molecule has 0 aromatic carbocycles. The number of nitrogens with one attached hydrogen (secondary N) is 1. The Morgan fingerprint density at radius 2 is 2.15 bits per heavy atom. The molecule has 0 spiro atoms. The predicted octanol–water partition coefficient (Wildman–Crippen LogP) is 2.62. The lowest BCUT2D eigenvalue weighted by molar-refractivity contribution is -0.127. The van der Waals surface area contributed by atoms with Crippen molar-refractivity contribution in [3.8, 4) is 6.07 Å². The fourth-order valence-electron chi connectivity index (χ4n) is 2.65. The lowest BCUT2D eigenvalue weighted by atomic mass is 9.80. The van der Waals surface area contributed by atoms with Crippen molar-refractivity contribution in [3.05, 3.63) is 24.5 Å². The number of hydrogen-bond donors (Lipinski definition) is 1. The zero-order valence-electron chi connectivity index (χ0n) is 11.4. The summed E-state index contributed by atoms with van der Waals surface area (Å²) >= 11 is 1.79. The molecule has 1 N–H and O–H groups in total. The van der Waals surface area contributed by atoms with Crippen LogP contribution in [-0.4, -0.2) is 23.2 Å². The third-order valence-corrected chi connectivity index (χ3v) is 4.90. The van der Waals surface area contributed by atoms with Crippen LogP contribution in [0, 0.1) is 23.2 Å². The first kappa shape index (κ1) is 14.9. The zero-order chi connectivity index (χ0) is 14.2. The Kier molecular flexibility index (Phi) is 5.87. The van der Waals surface area contributed by atoms with Gasteiger partial charge in [-0.2, -0.15) is 5.26 Å². The van der Waals surface area contributed by atoms with Crippen LogP contribution in [-0.2, 0) is 4.79 Å². The van der Waals surface area contributed by atoms with Crippen LogP contribution < -0.4 is 5.32 Å². The molecular formula is C15H19N3OS. The Hall–Kier alpha value is -1.54. The second-order valence-electron chi connectivity index (χ2n) is 5.02. The highest BCUT2D eigenvalue weighted by molar-refractivity contribution is 7.99. The van der Waals surface area contributed by atoms with Gasteiger partial charge in [0.05, 0.1) is 6.07 Å². The van der Waals surface area contributed by atoms with Crippen LogP contribution in [0.25, 0.3) is 0 Å². The first-order valence-electron chi connectivity index (χ1n) is 6.98. The quantitative estimate of drug-likeness (QED) is 0.668. The molecule has 2 atom stereocenters. The van der Waals surface area contributed by atoms with Gasteiger partial charge in [0.1, 0.15) is 6.54 Å². The van der Waals surface area contributed by atoms with Crippen LogP contribution in [0.4, 0.5) is 0 Å². The molecule has 0 saturated heterocycles. The van der Waals surface area contributed by atoms with Gasteiger partial charge in [-0.25, -0.2) is 0 Å². The molecule has 0 radical (unpaired) electrons. The molecule has 1 fully saturated rings. The minimum absolute atomic E-state index is 0.0478. The number of nitrogens with zero attached hydrogens (tertiary/aromatic N) is 2. The van der Waals surface area contributed by atoms with E-state index in [0.717, 1.165) is 25.0 Å². The van der Waals surface area contributed by atoms with Crippen molar-refractivity contribution in [1.82, 2.24) is 10.3 Å². The van der Waals surface area contributed by atoms with Gasteiger partial charge < -0.3 is 5.32 Å². The topological polar surface area (TPSA) is 65.8 Å². The van der Waals surface area contributed by atoms with E-state index in [1.54, 1.807) is 24.2 Å². The smallest absolute Gasteiger partial charge is 0.224 e. The number of pyridine rings is 1. The molecular weight excluding hydrogens is 270 g/mol. The van der Waals surface area contributed by atoms with E-state index < -0.39 is 0 Å². The normalized spacial score (nSPS) is 21.9. The van der Waals surface area contributed by atoms with Gasteiger partial charge >= 0.3 is 0 Å². The average molecular weight is 289 g/mol. The van der Waals surface area contributed by atoms with Gasteiger partial charge in [-0.3, -0.25) is 9.78 Å². The van der Waals surface area contributed by atoms with Crippen molar-refractivity contribution >= 4 is 17.7 Å². The molecule has 1 amide bonds. The summed E-state index contributed by atoms with van der Waals surface area (Å²) < 4.78 is 0. The van der Waals surface area contributed by atoms with Crippen molar-refractivity contribution in [3.63, 3.8) is 0 Å². The highest BCUT2D eigenvalue weighted by Gasteiger charge is 2.30. The Bertz CT molecular complexity index is 472. The summed E-state index contributed by atoms with van der Waals surface area (Å²) in [5.41, 5.74) is 0. The summed E-state index contributed by atoms with van der Waals surface area (Å²) in [5.74, 6) is 1.47. The van der Waals surface area contributed by atoms with Gasteiger partial charge in [-0.05, 0) is 30.9 Å². The molecule has 2 rings (SSSR count). The number of hydrogen-bond acceptors (Lipinski definition) is 4. The van der Waals surface area contributed by atoms with E-state index in [1.807, 2.05) is 18.2 Å². The summed E-state index contributed by atoms with van der Waals surface area (Å²) in [6.07, 6.45) is 7.94. The minimum Gasteiger partial charge on any atom is -0.343 e. The Balaban J connectivity index is 1.90. The number of amides is 1. The second-order valence-corrected chi connectivity index (χ2v) is 6.11. The first-order chi connectivity index (χ1) is 9.81. The van der Waals surface area contributed by atoms with Crippen molar-refractivity contribution in [2.45, 2.75) is 30.6 Å². The van der Waals surface area contributed by atoms with Crippen molar-refractivity contribution in [2.24, 2.45) is 11.8 Å². The van der Waals surface area contributed by atoms with E-state index in [2.05, 4.69) is 10.3 Å². The fourth-order valence-corrected chi connectivity index (χ4v) is 3.77. The van der Waals surface area contributed by atoms with Crippen LogP contribution in [0.3, 0.4) is 0 Å². The third-order valence-electron chi connectivity index (χ3n) is 3.70. The molecule has 1 aliphatic carbocycles. The number of aromatic nitrogens is 1. The van der Waals surface area contributed by atoms with E-state index in [-0.39, 0.29) is 18.4 Å². The zero-order valence-corrected chi connectivity index (χ0v) is 12.2. The number of rotatable bonds is 5. The van der Waals surface area contributed by atoms with E-state index in [1.165, 1.54) is 11.3 Å². The van der Waals surface area contributed by atoms with Gasteiger partial charge in [-0.1, -0.05) is 12.8 Å². The van der Waals surface area contributed by atoms with Gasteiger partial charge in [0.15, 0.2) is 0 Å². The predicted molar refractivity (Wildman–Crippen MR) is 79.0 cm³/mol. The Labute approximate surface area is 124 Å². The highest BCUT2D eigenvalue weighted by atomic mass is 32.2. The Morgan fingerprint density at radius 1 is 1.40 bits per heavy atom. The van der Waals surface area contributed by atoms with Crippen LogP contribution in [0.2, 0.25) is 0 Å². The largest absolute Gasteiger partial charge is 0.343 e. The van der Waals surface area contributed by atoms with Gasteiger partial charge in [0.2, 0.25) is 5.91 Å². The Morgan fingerprint density at radius 3 is 2.90 bits per heavy atom. The van der Waals surface area contributed by atoms with Gasteiger partial charge in [0.25, 0.3) is 0 Å². The lowest BCUT2D eigenvalue weighted by Gasteiger charge is -2.30. The molecule has 0 aliphatic heterocycles. The van der Waals surface area contributed by atoms with Crippen molar-refractivity contribution in [1.29, 1.82) is 5.26 Å². The molecule has 20 heavy (non-hydrogen) atoms. The molecule has 1 aromatic rings. The standard InChI is InChI=1S/C15H19N3OS/c16-7-10-18-15(19)14-4-2-1-3-12(14)11-20-13-5-8-17-9-6-13/h5-6,8-9,12,14H,1-4,10-11H2,(H,18,19). The maximum absolute atomic E-state index is 12.1. The fraction of sp³-hybridized carbons (Fsp3) is 0.533. The molecule has 1 heterocycles. The van der Waals surface area contributed by atoms with Crippen LogP contribution in [0.1, 0.15) is 25.7 Å². The lowest BCUT2D eigenvalue weighted by Crippen LogP contribution is -2.37. The minimum atomic E-state index is 0.0478. The number of carbonyl (C=O) groups is 1. The maximum atomic E-state index is 12.1. The van der Waals surface area contributed by atoms with Crippen molar-refractivity contribution < 1.29 is 4.79 Å². The molecule has 1 saturated carbocycles. The summed E-state index contributed by atoms with van der Waals surface area (Å²) in [6.45, 7) is 0.111. The van der Waals surface area contributed by atoms with Gasteiger partial charge in [-0.15, -0.1) is 11.8 Å². The molecule has 4 nitrogen and oxygen atoms in total. The molecule has 0 bridgehead atoms. The van der Waals surface area contributed by atoms with Crippen LogP contribution in [0.15, 0.2) is 29.4 Å². The molecule has 1 aromatic heterocycles. The molecule has 2 unspecified atom stereocenters. The second kappa shape index (κ2) is 7.91. The molecule has 106 valence electrons. The van der Waals surface area contributed by atoms with Gasteiger partial charge in [0, 0.05) is 29.0 Å². The monoisotopic (exact) mass is 289 g/mol. The number of carbonyl (C=O) groups excluding carboxylic acids is 1. The first-order valence-corrected chi connectivity index (χ1v) is 7.97. The van der Waals surface area contributed by atoms with Crippen LogP contribution >= 0.6 is 11.8 Å². The summed E-state index contributed by atoms with van der Waals surface area (Å²) in [7, 11) is 0.